The number of anilines is 2. The number of aryl methyl sites for hydroxylation is 2. The number of carbonyl (C=O) groups excluding carboxylic acids is 1. The molecule has 0 saturated carbocycles. The highest BCUT2D eigenvalue weighted by molar-refractivity contribution is 7.85. The molecule has 3 N–H and O–H groups in total. The van der Waals surface area contributed by atoms with Crippen LogP contribution in [0.3, 0.4) is 0 Å². The summed E-state index contributed by atoms with van der Waals surface area (Å²) in [6, 6.07) is 23.0. The van der Waals surface area contributed by atoms with E-state index in [1.807, 2.05) is 54.6 Å². The average molecular weight is 628 g/mol. The highest BCUT2D eigenvalue weighted by atomic mass is 32.2. The van der Waals surface area contributed by atoms with E-state index < -0.39 is 28.0 Å². The SMILES string of the molecule is Cc1cc(C(=O)O)cc(C)c1OC(=O)C1c2ccccc2N(CCCCS(=O)(=O)O)c2cc(C=Cc3ccc(O)cc3)ccc21. The van der Waals surface area contributed by atoms with Gasteiger partial charge in [0.1, 0.15) is 17.4 Å². The van der Waals surface area contributed by atoms with Crippen LogP contribution in [0.1, 0.15) is 62.5 Å². The Kier molecular flexibility index (Phi) is 9.08. The number of fused-ring (bicyclic) bond motifs is 2. The number of nitrogens with zero attached hydrogens (tertiary/aromatic N) is 1. The number of phenolic OH excluding ortho intramolecular Hbond substituents is 1. The van der Waals surface area contributed by atoms with E-state index in [2.05, 4.69) is 4.90 Å². The van der Waals surface area contributed by atoms with Crippen LogP contribution >= 0.6 is 0 Å². The molecule has 0 radical (unpaired) electrons. The fourth-order valence-electron chi connectivity index (χ4n) is 5.64. The molecule has 0 amide bonds. The van der Waals surface area contributed by atoms with Crippen LogP contribution in [0.25, 0.3) is 12.2 Å². The zero-order chi connectivity index (χ0) is 32.3. The monoisotopic (exact) mass is 627 g/mol. The molecule has 1 atom stereocenters. The smallest absolute Gasteiger partial charge is 0.335 e. The predicted octanol–water partition coefficient (Wildman–Crippen LogP) is 6.73. The second-order valence-electron chi connectivity index (χ2n) is 11.0. The van der Waals surface area contributed by atoms with Crippen LogP contribution in [-0.2, 0) is 14.9 Å². The third kappa shape index (κ3) is 7.25. The van der Waals surface area contributed by atoms with Crippen LogP contribution in [-0.4, -0.2) is 47.4 Å². The highest BCUT2D eigenvalue weighted by Gasteiger charge is 2.36. The lowest BCUT2D eigenvalue weighted by Gasteiger charge is -2.37. The van der Waals surface area contributed by atoms with Gasteiger partial charge in [-0.2, -0.15) is 8.42 Å². The fraction of sp³-hybridized carbons (Fsp3) is 0.200. The van der Waals surface area contributed by atoms with Crippen molar-refractivity contribution in [3.8, 4) is 11.5 Å². The summed E-state index contributed by atoms with van der Waals surface area (Å²) in [7, 11) is -4.09. The summed E-state index contributed by atoms with van der Waals surface area (Å²) in [6.45, 7) is 3.83. The molecule has 0 saturated heterocycles. The Morgan fingerprint density at radius 1 is 0.844 bits per heavy atom. The summed E-state index contributed by atoms with van der Waals surface area (Å²) in [5.74, 6) is -2.25. The Labute approximate surface area is 261 Å². The Morgan fingerprint density at radius 3 is 2.13 bits per heavy atom. The van der Waals surface area contributed by atoms with Crippen molar-refractivity contribution >= 4 is 45.6 Å². The van der Waals surface area contributed by atoms with E-state index in [0.29, 0.717) is 35.4 Å². The van der Waals surface area contributed by atoms with Gasteiger partial charge in [-0.05, 0) is 96.5 Å². The van der Waals surface area contributed by atoms with Gasteiger partial charge in [0.25, 0.3) is 10.1 Å². The summed E-state index contributed by atoms with van der Waals surface area (Å²) in [5, 5.41) is 19.0. The van der Waals surface area contributed by atoms with Crippen molar-refractivity contribution in [1.82, 2.24) is 0 Å². The number of aromatic carboxylic acids is 1. The number of hydrogen-bond donors (Lipinski definition) is 3. The fourth-order valence-corrected chi connectivity index (χ4v) is 6.21. The number of carboxylic acids is 1. The van der Waals surface area contributed by atoms with Crippen molar-refractivity contribution in [2.24, 2.45) is 0 Å². The number of ether oxygens (including phenoxy) is 1. The van der Waals surface area contributed by atoms with E-state index >= 15 is 0 Å². The number of unbranched alkanes of at least 4 members (excludes halogenated alkanes) is 1. The van der Waals surface area contributed by atoms with Crippen LogP contribution in [0.2, 0.25) is 0 Å². The van der Waals surface area contributed by atoms with Crippen molar-refractivity contribution in [3.05, 3.63) is 118 Å². The van der Waals surface area contributed by atoms with E-state index in [1.54, 1.807) is 38.1 Å². The lowest BCUT2D eigenvalue weighted by atomic mass is 9.84. The second-order valence-corrected chi connectivity index (χ2v) is 12.6. The number of carboxylic acid groups (broad SMARTS) is 1. The number of rotatable bonds is 10. The first-order valence-corrected chi connectivity index (χ1v) is 16.0. The van der Waals surface area contributed by atoms with Gasteiger partial charge in [0.2, 0.25) is 0 Å². The standard InChI is InChI=1S/C35H33NO8S/c1-22-19-26(34(38)39)20-23(2)33(22)44-35(40)32-28-7-3-4-8-30(28)36(17-5-6-18-45(41,42)43)31-21-25(13-16-29(31)32)10-9-24-11-14-27(37)15-12-24/h3-4,7-16,19-21,32,37H,5-6,17-18H2,1-2H3,(H,38,39)(H,41,42,43). The number of hydrogen-bond acceptors (Lipinski definition) is 7. The first-order valence-electron chi connectivity index (χ1n) is 14.4. The zero-order valence-electron chi connectivity index (χ0n) is 24.8. The molecule has 232 valence electrons. The molecule has 0 spiro atoms. The molecule has 0 bridgehead atoms. The molecule has 1 heterocycles. The minimum absolute atomic E-state index is 0.107. The van der Waals surface area contributed by atoms with Gasteiger partial charge in [-0.3, -0.25) is 9.35 Å². The van der Waals surface area contributed by atoms with Crippen molar-refractivity contribution in [3.63, 3.8) is 0 Å². The van der Waals surface area contributed by atoms with Crippen molar-refractivity contribution < 1.29 is 37.5 Å². The first-order chi connectivity index (χ1) is 21.4. The van der Waals surface area contributed by atoms with Gasteiger partial charge >= 0.3 is 11.9 Å². The lowest BCUT2D eigenvalue weighted by molar-refractivity contribution is -0.135. The molecule has 9 nitrogen and oxygen atoms in total. The molecule has 4 aromatic rings. The summed E-state index contributed by atoms with van der Waals surface area (Å²) in [6.07, 6.45) is 4.55. The van der Waals surface area contributed by atoms with E-state index in [0.717, 1.165) is 28.1 Å². The topological polar surface area (TPSA) is 141 Å². The van der Waals surface area contributed by atoms with Crippen molar-refractivity contribution in [2.75, 3.05) is 17.2 Å². The van der Waals surface area contributed by atoms with Gasteiger partial charge < -0.3 is 19.8 Å². The Balaban J connectivity index is 1.55. The maximum atomic E-state index is 14.0. The number of para-hydroxylation sites is 1. The van der Waals surface area contributed by atoms with E-state index in [-0.39, 0.29) is 23.5 Å². The molecule has 0 fully saturated rings. The lowest BCUT2D eigenvalue weighted by Crippen LogP contribution is -2.31. The molecule has 45 heavy (non-hydrogen) atoms. The molecule has 10 heteroatoms. The normalized spacial score (nSPS) is 14.2. The summed E-state index contributed by atoms with van der Waals surface area (Å²) >= 11 is 0. The largest absolute Gasteiger partial charge is 0.508 e. The number of carbonyl (C=O) groups is 2. The minimum Gasteiger partial charge on any atom is -0.508 e. The third-order valence-electron chi connectivity index (χ3n) is 7.74. The zero-order valence-corrected chi connectivity index (χ0v) is 25.6. The molecule has 5 rings (SSSR count). The average Bonchev–Trinajstić information content (AvgIpc) is 2.99. The molecule has 0 aromatic heterocycles. The molecule has 4 aromatic carbocycles. The quantitative estimate of drug-likeness (QED) is 0.0573. The van der Waals surface area contributed by atoms with E-state index in [1.165, 1.54) is 12.1 Å². The van der Waals surface area contributed by atoms with Crippen LogP contribution in [0.15, 0.2) is 78.9 Å². The Bertz CT molecular complexity index is 1870. The van der Waals surface area contributed by atoms with Crippen molar-refractivity contribution in [1.29, 1.82) is 0 Å². The van der Waals surface area contributed by atoms with Gasteiger partial charge in [-0.15, -0.1) is 0 Å². The van der Waals surface area contributed by atoms with Gasteiger partial charge in [-0.1, -0.05) is 54.6 Å². The molecule has 1 aliphatic heterocycles. The molecule has 0 aliphatic carbocycles. The van der Waals surface area contributed by atoms with Gasteiger partial charge in [0.05, 0.1) is 11.3 Å². The van der Waals surface area contributed by atoms with Gasteiger partial charge in [0.15, 0.2) is 0 Å². The van der Waals surface area contributed by atoms with E-state index in [4.69, 9.17) is 4.74 Å². The van der Waals surface area contributed by atoms with Crippen LogP contribution < -0.4 is 9.64 Å². The number of aromatic hydroxyl groups is 1. The molecule has 1 aliphatic rings. The molecular formula is C35H33NO8S. The Hall–Kier alpha value is -4.93. The summed E-state index contributed by atoms with van der Waals surface area (Å²) < 4.78 is 37.9. The number of benzene rings is 4. The van der Waals surface area contributed by atoms with Crippen molar-refractivity contribution in [2.45, 2.75) is 32.6 Å². The van der Waals surface area contributed by atoms with Crippen LogP contribution in [0.4, 0.5) is 11.4 Å². The van der Waals surface area contributed by atoms with Crippen LogP contribution in [0.5, 0.6) is 11.5 Å². The predicted molar refractivity (Wildman–Crippen MR) is 173 cm³/mol. The van der Waals surface area contributed by atoms with Gasteiger partial charge in [-0.25, -0.2) is 4.79 Å². The first kappa shape index (κ1) is 31.5. The molecule has 1 unspecified atom stereocenters. The van der Waals surface area contributed by atoms with Crippen LogP contribution in [0, 0.1) is 13.8 Å². The summed E-state index contributed by atoms with van der Waals surface area (Å²) in [4.78, 5) is 27.6. The second kappa shape index (κ2) is 13.0. The van der Waals surface area contributed by atoms with E-state index in [9.17, 15) is 32.8 Å². The number of esters is 1. The minimum atomic E-state index is -4.09. The van der Waals surface area contributed by atoms with Gasteiger partial charge in [0, 0.05) is 17.9 Å². The highest BCUT2D eigenvalue weighted by Crippen LogP contribution is 2.47. The molecular weight excluding hydrogens is 594 g/mol. The Morgan fingerprint density at radius 2 is 1.47 bits per heavy atom. The number of phenols is 1. The third-order valence-corrected chi connectivity index (χ3v) is 8.54. The maximum Gasteiger partial charge on any atom is 0.335 e. The summed E-state index contributed by atoms with van der Waals surface area (Å²) in [5.41, 5.74) is 5.85. The maximum absolute atomic E-state index is 14.0.